The smallest absolute Gasteiger partial charge is 0.119 e. The van der Waals surface area contributed by atoms with Crippen LogP contribution in [0.4, 0.5) is 0 Å². The predicted molar refractivity (Wildman–Crippen MR) is 76.9 cm³/mol. The number of ether oxygens (including phenoxy) is 1. The van der Waals surface area contributed by atoms with Crippen molar-refractivity contribution in [1.82, 2.24) is 4.90 Å². The topological polar surface area (TPSA) is 38.5 Å². The van der Waals surface area contributed by atoms with Crippen molar-refractivity contribution in [2.75, 3.05) is 26.2 Å². The standard InChI is InChI=1S/C15H26N2O/c1-3-5-9-17(4-2)10-11-18-15-8-6-7-14(12-15)13-16/h6-8,12H,3-5,9-11,13,16H2,1-2H3. The highest BCUT2D eigenvalue weighted by atomic mass is 16.5. The molecule has 0 aliphatic heterocycles. The Morgan fingerprint density at radius 3 is 2.72 bits per heavy atom. The normalized spacial score (nSPS) is 10.9. The third-order valence-electron chi connectivity index (χ3n) is 3.09. The van der Waals surface area contributed by atoms with Gasteiger partial charge in [0.2, 0.25) is 0 Å². The maximum absolute atomic E-state index is 5.76. The van der Waals surface area contributed by atoms with Crippen molar-refractivity contribution in [3.63, 3.8) is 0 Å². The molecular formula is C15H26N2O. The lowest BCUT2D eigenvalue weighted by Gasteiger charge is -2.20. The molecule has 18 heavy (non-hydrogen) atoms. The summed E-state index contributed by atoms with van der Waals surface area (Å²) in [6.07, 6.45) is 2.51. The van der Waals surface area contributed by atoms with Crippen molar-refractivity contribution in [2.24, 2.45) is 5.73 Å². The van der Waals surface area contributed by atoms with E-state index in [4.69, 9.17) is 10.5 Å². The first-order chi connectivity index (χ1) is 8.80. The van der Waals surface area contributed by atoms with Crippen LogP contribution in [0.2, 0.25) is 0 Å². The van der Waals surface area contributed by atoms with Gasteiger partial charge in [0.1, 0.15) is 12.4 Å². The summed E-state index contributed by atoms with van der Waals surface area (Å²) >= 11 is 0. The Morgan fingerprint density at radius 2 is 2.06 bits per heavy atom. The minimum atomic E-state index is 0.564. The van der Waals surface area contributed by atoms with Gasteiger partial charge in [-0.15, -0.1) is 0 Å². The van der Waals surface area contributed by atoms with Gasteiger partial charge in [-0.1, -0.05) is 32.4 Å². The fraction of sp³-hybridized carbons (Fsp3) is 0.600. The van der Waals surface area contributed by atoms with Crippen molar-refractivity contribution in [3.8, 4) is 5.75 Å². The summed E-state index contributed by atoms with van der Waals surface area (Å²) in [6, 6.07) is 8.02. The van der Waals surface area contributed by atoms with Crippen LogP contribution in [-0.2, 0) is 6.54 Å². The average molecular weight is 250 g/mol. The van der Waals surface area contributed by atoms with Crippen LogP contribution in [0.25, 0.3) is 0 Å². The lowest BCUT2D eigenvalue weighted by atomic mass is 10.2. The second-order valence-electron chi connectivity index (χ2n) is 4.49. The Balaban J connectivity index is 2.30. The molecule has 0 radical (unpaired) electrons. The molecule has 0 amide bonds. The maximum Gasteiger partial charge on any atom is 0.119 e. The lowest BCUT2D eigenvalue weighted by molar-refractivity contribution is 0.213. The van der Waals surface area contributed by atoms with E-state index in [2.05, 4.69) is 18.7 Å². The molecule has 2 N–H and O–H groups in total. The zero-order chi connectivity index (χ0) is 13.2. The van der Waals surface area contributed by atoms with E-state index in [1.807, 2.05) is 24.3 Å². The van der Waals surface area contributed by atoms with Gasteiger partial charge in [0, 0.05) is 13.1 Å². The molecular weight excluding hydrogens is 224 g/mol. The number of nitrogens with zero attached hydrogens (tertiary/aromatic N) is 1. The van der Waals surface area contributed by atoms with Gasteiger partial charge in [0.25, 0.3) is 0 Å². The zero-order valence-electron chi connectivity index (χ0n) is 11.7. The van der Waals surface area contributed by atoms with Crippen LogP contribution in [0.5, 0.6) is 5.75 Å². The Bertz CT molecular complexity index is 328. The monoisotopic (exact) mass is 250 g/mol. The highest BCUT2D eigenvalue weighted by Gasteiger charge is 2.02. The molecule has 0 aliphatic rings. The number of rotatable bonds is 9. The summed E-state index contributed by atoms with van der Waals surface area (Å²) in [5.41, 5.74) is 6.72. The molecule has 0 spiro atoms. The number of hydrogen-bond acceptors (Lipinski definition) is 3. The molecule has 0 saturated heterocycles. The zero-order valence-corrected chi connectivity index (χ0v) is 11.7. The van der Waals surface area contributed by atoms with E-state index in [0.29, 0.717) is 6.54 Å². The molecule has 3 heteroatoms. The predicted octanol–water partition coefficient (Wildman–Crippen LogP) is 2.65. The van der Waals surface area contributed by atoms with E-state index in [0.717, 1.165) is 31.0 Å². The maximum atomic E-state index is 5.76. The molecule has 0 heterocycles. The third-order valence-corrected chi connectivity index (χ3v) is 3.09. The lowest BCUT2D eigenvalue weighted by Crippen LogP contribution is -2.29. The first-order valence-corrected chi connectivity index (χ1v) is 6.94. The summed E-state index contributed by atoms with van der Waals surface area (Å²) in [5.74, 6) is 0.921. The fourth-order valence-electron chi connectivity index (χ4n) is 1.86. The summed E-state index contributed by atoms with van der Waals surface area (Å²) in [5, 5.41) is 0. The van der Waals surface area contributed by atoms with E-state index >= 15 is 0 Å². The summed E-state index contributed by atoms with van der Waals surface area (Å²) in [4.78, 5) is 2.43. The molecule has 0 fully saturated rings. The summed E-state index contributed by atoms with van der Waals surface area (Å²) in [7, 11) is 0. The van der Waals surface area contributed by atoms with Crippen LogP contribution in [0.15, 0.2) is 24.3 Å². The van der Waals surface area contributed by atoms with Gasteiger partial charge >= 0.3 is 0 Å². The van der Waals surface area contributed by atoms with Gasteiger partial charge in [-0.2, -0.15) is 0 Å². The van der Waals surface area contributed by atoms with Crippen LogP contribution in [0, 0.1) is 0 Å². The molecule has 1 aromatic rings. The second-order valence-corrected chi connectivity index (χ2v) is 4.49. The number of hydrogen-bond donors (Lipinski definition) is 1. The summed E-state index contributed by atoms with van der Waals surface area (Å²) < 4.78 is 5.76. The average Bonchev–Trinajstić information content (AvgIpc) is 2.43. The molecule has 0 bridgehead atoms. The van der Waals surface area contributed by atoms with E-state index < -0.39 is 0 Å². The quantitative estimate of drug-likeness (QED) is 0.732. The molecule has 0 aromatic heterocycles. The minimum absolute atomic E-state index is 0.564. The number of likely N-dealkylation sites (N-methyl/N-ethyl adjacent to an activating group) is 1. The highest BCUT2D eigenvalue weighted by Crippen LogP contribution is 2.12. The van der Waals surface area contributed by atoms with Crippen molar-refractivity contribution in [1.29, 1.82) is 0 Å². The van der Waals surface area contributed by atoms with Crippen LogP contribution >= 0.6 is 0 Å². The molecule has 1 rings (SSSR count). The van der Waals surface area contributed by atoms with Crippen molar-refractivity contribution < 1.29 is 4.74 Å². The van der Waals surface area contributed by atoms with Gasteiger partial charge in [-0.3, -0.25) is 0 Å². The Morgan fingerprint density at radius 1 is 1.22 bits per heavy atom. The second kappa shape index (κ2) is 8.95. The van der Waals surface area contributed by atoms with Crippen molar-refractivity contribution in [3.05, 3.63) is 29.8 Å². The Hall–Kier alpha value is -1.06. The van der Waals surface area contributed by atoms with Crippen LogP contribution in [0.1, 0.15) is 32.3 Å². The van der Waals surface area contributed by atoms with E-state index in [1.54, 1.807) is 0 Å². The number of unbranched alkanes of at least 4 members (excludes halogenated alkanes) is 1. The van der Waals surface area contributed by atoms with Gasteiger partial charge in [0.15, 0.2) is 0 Å². The van der Waals surface area contributed by atoms with Crippen LogP contribution in [0.3, 0.4) is 0 Å². The molecule has 0 aliphatic carbocycles. The Kier molecular flexibility index (Phi) is 7.46. The molecule has 0 unspecified atom stereocenters. The van der Waals surface area contributed by atoms with Crippen LogP contribution in [-0.4, -0.2) is 31.1 Å². The molecule has 0 atom stereocenters. The highest BCUT2D eigenvalue weighted by molar-refractivity contribution is 5.28. The largest absolute Gasteiger partial charge is 0.492 e. The molecule has 1 aromatic carbocycles. The first kappa shape index (κ1) is 15.0. The van der Waals surface area contributed by atoms with Crippen molar-refractivity contribution >= 4 is 0 Å². The van der Waals surface area contributed by atoms with Crippen LogP contribution < -0.4 is 10.5 Å². The number of benzene rings is 1. The van der Waals surface area contributed by atoms with Gasteiger partial charge in [-0.05, 0) is 37.2 Å². The number of nitrogens with two attached hydrogens (primary N) is 1. The SMILES string of the molecule is CCCCN(CC)CCOc1cccc(CN)c1. The fourth-order valence-corrected chi connectivity index (χ4v) is 1.86. The summed E-state index contributed by atoms with van der Waals surface area (Å²) in [6.45, 7) is 8.97. The van der Waals surface area contributed by atoms with E-state index in [9.17, 15) is 0 Å². The minimum Gasteiger partial charge on any atom is -0.492 e. The molecule has 102 valence electrons. The van der Waals surface area contributed by atoms with E-state index in [1.165, 1.54) is 19.4 Å². The van der Waals surface area contributed by atoms with Gasteiger partial charge in [0.05, 0.1) is 0 Å². The van der Waals surface area contributed by atoms with E-state index in [-0.39, 0.29) is 0 Å². The van der Waals surface area contributed by atoms with Gasteiger partial charge < -0.3 is 15.4 Å². The molecule has 0 saturated carbocycles. The van der Waals surface area contributed by atoms with Crippen molar-refractivity contribution in [2.45, 2.75) is 33.2 Å². The Labute approximate surface area is 111 Å². The first-order valence-electron chi connectivity index (χ1n) is 6.94. The molecule has 3 nitrogen and oxygen atoms in total. The van der Waals surface area contributed by atoms with Gasteiger partial charge in [-0.25, -0.2) is 0 Å². The third kappa shape index (κ3) is 5.52.